The number of carbonyl (C=O) groups excluding carboxylic acids is 2. The van der Waals surface area contributed by atoms with Crippen LogP contribution in [-0.4, -0.2) is 36.0 Å². The molecule has 1 aliphatic heterocycles. The molecule has 0 aliphatic carbocycles. The third kappa shape index (κ3) is 5.27. The fraction of sp³-hybridized carbons (Fsp3) is 0.115. The van der Waals surface area contributed by atoms with Crippen LogP contribution in [0.4, 0.5) is 10.5 Å². The molecule has 3 aromatic carbocycles. The van der Waals surface area contributed by atoms with Crippen LogP contribution in [0.25, 0.3) is 6.08 Å². The lowest BCUT2D eigenvalue weighted by atomic mass is 10.1. The number of nitrogens with one attached hydrogen (secondary N) is 1. The Morgan fingerprint density at radius 3 is 2.42 bits per heavy atom. The highest BCUT2D eigenvalue weighted by molar-refractivity contribution is 6.07. The molecule has 33 heavy (non-hydrogen) atoms. The van der Waals surface area contributed by atoms with E-state index >= 15 is 0 Å². The number of carboxylic acids is 1. The zero-order valence-corrected chi connectivity index (χ0v) is 17.7. The Morgan fingerprint density at radius 2 is 1.76 bits per heavy atom. The van der Waals surface area contributed by atoms with E-state index in [1.807, 2.05) is 6.07 Å². The van der Waals surface area contributed by atoms with Gasteiger partial charge in [-0.15, -0.1) is 0 Å². The highest BCUT2D eigenvalue weighted by atomic mass is 16.5. The molecule has 0 spiro atoms. The normalized spacial score (nSPS) is 14.2. The molecular weight excluding hydrogens is 420 g/mol. The number of ether oxygens (including phenoxy) is 1. The summed E-state index contributed by atoms with van der Waals surface area (Å²) < 4.78 is 5.71. The van der Waals surface area contributed by atoms with Crippen LogP contribution in [0, 0.1) is 0 Å². The number of carbonyl (C=O) groups is 3. The predicted molar refractivity (Wildman–Crippen MR) is 124 cm³/mol. The Kier molecular flexibility index (Phi) is 6.50. The standard InChI is InChI=1S/C26H22N2O5/c29-23(19-10-12-21(13-11-19)28-16-15-27-26(28)32)14-9-18-5-4-8-22(17-18)33-24(25(30)31)20-6-2-1-3-7-20/h1-14,17,24H,15-16H2,(H,27,32)(H,30,31)/b14-9+. The number of hydrogen-bond acceptors (Lipinski definition) is 4. The first-order valence-corrected chi connectivity index (χ1v) is 10.4. The number of allylic oxidation sites excluding steroid dienone is 1. The SMILES string of the molecule is O=C(/C=C/c1cccc(OC(C(=O)O)c2ccccc2)c1)c1ccc(N2CCNC2=O)cc1. The molecule has 2 amide bonds. The van der Waals surface area contributed by atoms with Crippen molar-refractivity contribution in [1.29, 1.82) is 0 Å². The Hall–Kier alpha value is -4.39. The van der Waals surface area contributed by atoms with Crippen molar-refractivity contribution in [2.75, 3.05) is 18.0 Å². The Bertz CT molecular complexity index is 1190. The molecular formula is C26H22N2O5. The zero-order chi connectivity index (χ0) is 23.2. The number of benzene rings is 3. The van der Waals surface area contributed by atoms with E-state index in [1.54, 1.807) is 83.8 Å². The quantitative estimate of drug-likeness (QED) is 0.400. The number of nitrogens with zero attached hydrogens (tertiary/aromatic N) is 1. The summed E-state index contributed by atoms with van der Waals surface area (Å²) in [6.07, 6.45) is 1.96. The molecule has 0 saturated carbocycles. The van der Waals surface area contributed by atoms with Crippen LogP contribution >= 0.6 is 0 Å². The molecule has 7 nitrogen and oxygen atoms in total. The summed E-state index contributed by atoms with van der Waals surface area (Å²) in [5.74, 6) is -0.896. The van der Waals surface area contributed by atoms with E-state index in [0.29, 0.717) is 35.5 Å². The molecule has 2 N–H and O–H groups in total. The molecule has 0 radical (unpaired) electrons. The summed E-state index contributed by atoms with van der Waals surface area (Å²) in [5, 5.41) is 12.3. The molecule has 0 aromatic heterocycles. The lowest BCUT2D eigenvalue weighted by Gasteiger charge is -2.15. The number of rotatable bonds is 8. The van der Waals surface area contributed by atoms with E-state index in [2.05, 4.69) is 5.32 Å². The van der Waals surface area contributed by atoms with Crippen molar-refractivity contribution < 1.29 is 24.2 Å². The number of aliphatic carboxylic acids is 1. The van der Waals surface area contributed by atoms with Crippen molar-refractivity contribution in [3.63, 3.8) is 0 Å². The molecule has 1 fully saturated rings. The minimum absolute atomic E-state index is 0.145. The zero-order valence-electron chi connectivity index (χ0n) is 17.7. The largest absolute Gasteiger partial charge is 0.478 e. The van der Waals surface area contributed by atoms with Crippen molar-refractivity contribution in [2.24, 2.45) is 0 Å². The van der Waals surface area contributed by atoms with Gasteiger partial charge in [0, 0.05) is 29.9 Å². The predicted octanol–water partition coefficient (Wildman–Crippen LogP) is 4.32. The molecule has 1 atom stereocenters. The Balaban J connectivity index is 1.44. The van der Waals surface area contributed by atoms with Crippen LogP contribution in [0.5, 0.6) is 5.75 Å². The van der Waals surface area contributed by atoms with Gasteiger partial charge in [0.25, 0.3) is 0 Å². The van der Waals surface area contributed by atoms with Gasteiger partial charge >= 0.3 is 12.0 Å². The molecule has 4 rings (SSSR count). The summed E-state index contributed by atoms with van der Waals surface area (Å²) >= 11 is 0. The van der Waals surface area contributed by atoms with E-state index in [-0.39, 0.29) is 11.8 Å². The van der Waals surface area contributed by atoms with Crippen molar-refractivity contribution >= 4 is 29.5 Å². The molecule has 7 heteroatoms. The van der Waals surface area contributed by atoms with Crippen molar-refractivity contribution in [1.82, 2.24) is 5.32 Å². The van der Waals surface area contributed by atoms with Gasteiger partial charge in [0.05, 0.1) is 0 Å². The smallest absolute Gasteiger partial charge is 0.349 e. The topological polar surface area (TPSA) is 95.9 Å². The second-order valence-corrected chi connectivity index (χ2v) is 7.45. The molecule has 0 bridgehead atoms. The number of hydrogen-bond donors (Lipinski definition) is 2. The first kappa shape index (κ1) is 21.8. The summed E-state index contributed by atoms with van der Waals surface area (Å²) in [7, 11) is 0. The first-order chi connectivity index (χ1) is 16.0. The summed E-state index contributed by atoms with van der Waals surface area (Å²) in [4.78, 5) is 37.6. The maximum absolute atomic E-state index is 12.6. The lowest BCUT2D eigenvalue weighted by Crippen LogP contribution is -2.27. The van der Waals surface area contributed by atoms with Gasteiger partial charge in [-0.2, -0.15) is 0 Å². The molecule has 1 saturated heterocycles. The average molecular weight is 442 g/mol. The molecule has 1 aliphatic rings. The van der Waals surface area contributed by atoms with E-state index < -0.39 is 12.1 Å². The van der Waals surface area contributed by atoms with Gasteiger partial charge in [0.2, 0.25) is 6.10 Å². The molecule has 3 aromatic rings. The average Bonchev–Trinajstić information content (AvgIpc) is 3.27. The Labute approximate surface area is 190 Å². The van der Waals surface area contributed by atoms with Gasteiger partial charge in [-0.3, -0.25) is 9.69 Å². The summed E-state index contributed by atoms with van der Waals surface area (Å²) in [6, 6.07) is 22.3. The summed E-state index contributed by atoms with van der Waals surface area (Å²) in [6.45, 7) is 1.20. The van der Waals surface area contributed by atoms with Gasteiger partial charge < -0.3 is 15.2 Å². The van der Waals surface area contributed by atoms with Crippen LogP contribution in [-0.2, 0) is 4.79 Å². The van der Waals surface area contributed by atoms with Crippen LogP contribution in [0.15, 0.2) is 84.9 Å². The van der Waals surface area contributed by atoms with Crippen LogP contribution in [0.3, 0.4) is 0 Å². The van der Waals surface area contributed by atoms with Gasteiger partial charge in [0.15, 0.2) is 5.78 Å². The second-order valence-electron chi connectivity index (χ2n) is 7.45. The van der Waals surface area contributed by atoms with Crippen molar-refractivity contribution in [3.8, 4) is 5.75 Å². The fourth-order valence-electron chi connectivity index (χ4n) is 3.51. The minimum Gasteiger partial charge on any atom is -0.478 e. The lowest BCUT2D eigenvalue weighted by molar-refractivity contribution is -0.145. The van der Waals surface area contributed by atoms with Gasteiger partial charge in [-0.05, 0) is 48.0 Å². The highest BCUT2D eigenvalue weighted by Gasteiger charge is 2.22. The van der Waals surface area contributed by atoms with Crippen molar-refractivity contribution in [3.05, 3.63) is 102 Å². The van der Waals surface area contributed by atoms with Gasteiger partial charge in [-0.1, -0.05) is 48.5 Å². The van der Waals surface area contributed by atoms with E-state index in [1.165, 1.54) is 6.08 Å². The maximum atomic E-state index is 12.6. The molecule has 1 unspecified atom stereocenters. The third-order valence-electron chi connectivity index (χ3n) is 5.19. The minimum atomic E-state index is -1.14. The van der Waals surface area contributed by atoms with E-state index in [0.717, 1.165) is 5.69 Å². The maximum Gasteiger partial charge on any atom is 0.349 e. The van der Waals surface area contributed by atoms with Crippen LogP contribution < -0.4 is 15.0 Å². The van der Waals surface area contributed by atoms with E-state index in [4.69, 9.17) is 4.74 Å². The number of ketones is 1. The fourth-order valence-corrected chi connectivity index (χ4v) is 3.51. The van der Waals surface area contributed by atoms with E-state index in [9.17, 15) is 19.5 Å². The number of carboxylic acid groups (broad SMARTS) is 1. The number of anilines is 1. The number of urea groups is 1. The van der Waals surface area contributed by atoms with Crippen LogP contribution in [0.2, 0.25) is 0 Å². The van der Waals surface area contributed by atoms with Crippen molar-refractivity contribution in [2.45, 2.75) is 6.10 Å². The summed E-state index contributed by atoms with van der Waals surface area (Å²) in [5.41, 5.74) is 2.47. The number of amides is 2. The van der Waals surface area contributed by atoms with Gasteiger partial charge in [0.1, 0.15) is 5.75 Å². The molecule has 166 valence electrons. The van der Waals surface area contributed by atoms with Crippen LogP contribution in [0.1, 0.15) is 27.6 Å². The highest BCUT2D eigenvalue weighted by Crippen LogP contribution is 2.24. The third-order valence-corrected chi connectivity index (χ3v) is 5.19. The first-order valence-electron chi connectivity index (χ1n) is 10.4. The molecule has 1 heterocycles. The second kappa shape index (κ2) is 9.82. The van der Waals surface area contributed by atoms with Gasteiger partial charge in [-0.25, -0.2) is 9.59 Å². The Morgan fingerprint density at radius 1 is 1.00 bits per heavy atom. The monoisotopic (exact) mass is 442 g/mol.